The lowest BCUT2D eigenvalue weighted by atomic mass is 10.1. The van der Waals surface area contributed by atoms with Gasteiger partial charge in [-0.25, -0.2) is 4.79 Å². The summed E-state index contributed by atoms with van der Waals surface area (Å²) < 4.78 is 16.2. The Kier molecular flexibility index (Phi) is 8.24. The average molecular weight is 553 g/mol. The Balaban J connectivity index is 1.12. The third kappa shape index (κ3) is 6.52. The molecule has 5 rings (SSSR count). The monoisotopic (exact) mass is 552 g/mol. The number of hydrogen-bond donors (Lipinski definition) is 1. The topological polar surface area (TPSA) is 111 Å². The van der Waals surface area contributed by atoms with E-state index in [2.05, 4.69) is 5.32 Å². The molecule has 1 atom stereocenters. The van der Waals surface area contributed by atoms with Gasteiger partial charge in [-0.3, -0.25) is 14.4 Å². The van der Waals surface area contributed by atoms with Crippen LogP contribution in [0.3, 0.4) is 0 Å². The summed E-state index contributed by atoms with van der Waals surface area (Å²) in [6, 6.07) is 27.1. The number of nitrogens with one attached hydrogen (secondary N) is 1. The summed E-state index contributed by atoms with van der Waals surface area (Å²) in [5.74, 6) is -1.16. The van der Waals surface area contributed by atoms with Crippen molar-refractivity contribution in [3.05, 3.63) is 96.6 Å². The largest absolute Gasteiger partial charge is 0.462 e. The summed E-state index contributed by atoms with van der Waals surface area (Å²) in [4.78, 5) is 50.8. The highest BCUT2D eigenvalue weighted by Gasteiger charge is 2.36. The zero-order chi connectivity index (χ0) is 28.8. The van der Waals surface area contributed by atoms with Crippen LogP contribution in [-0.2, 0) is 23.9 Å². The van der Waals surface area contributed by atoms with Gasteiger partial charge in [0.2, 0.25) is 5.91 Å². The molecule has 9 nitrogen and oxygen atoms in total. The molecule has 1 aliphatic rings. The van der Waals surface area contributed by atoms with Crippen LogP contribution < -0.4 is 15.0 Å². The second-order valence-corrected chi connectivity index (χ2v) is 9.43. The van der Waals surface area contributed by atoms with Crippen molar-refractivity contribution in [2.24, 2.45) is 5.92 Å². The molecular weight excluding hydrogens is 524 g/mol. The van der Waals surface area contributed by atoms with Gasteiger partial charge in [0, 0.05) is 29.7 Å². The number of anilines is 2. The Bertz CT molecular complexity index is 1580. The maximum Gasteiger partial charge on any atom is 0.338 e. The second-order valence-electron chi connectivity index (χ2n) is 9.43. The standard InChI is InChI=1S/C32H28N2O7/c1-2-39-31(37)22-10-12-24(13-11-22)33-29(35)20-40-32(38)23-18-30(36)34(19-23)25-14-16-26(17-15-25)41-28-9-5-7-21-6-3-4-8-27(21)28/h3-17,23H,2,18-20H2,1H3,(H,33,35)/t23-/m0/s1. The smallest absolute Gasteiger partial charge is 0.338 e. The fraction of sp³-hybridized carbons (Fsp3) is 0.188. The molecule has 1 heterocycles. The molecule has 0 aromatic heterocycles. The van der Waals surface area contributed by atoms with Crippen LogP contribution in [-0.4, -0.2) is 43.5 Å². The van der Waals surface area contributed by atoms with E-state index in [0.29, 0.717) is 22.7 Å². The zero-order valence-electron chi connectivity index (χ0n) is 22.4. The highest BCUT2D eigenvalue weighted by atomic mass is 16.5. The molecule has 2 amide bonds. The Hall–Kier alpha value is -5.18. The molecule has 41 heavy (non-hydrogen) atoms. The maximum atomic E-state index is 12.7. The molecule has 9 heteroatoms. The maximum absolute atomic E-state index is 12.7. The fourth-order valence-electron chi connectivity index (χ4n) is 4.58. The van der Waals surface area contributed by atoms with Crippen LogP contribution in [0.2, 0.25) is 0 Å². The predicted octanol–water partition coefficient (Wildman–Crippen LogP) is 5.34. The first kappa shape index (κ1) is 27.4. The summed E-state index contributed by atoms with van der Waals surface area (Å²) in [5, 5.41) is 4.67. The fourth-order valence-corrected chi connectivity index (χ4v) is 4.58. The number of hydrogen-bond acceptors (Lipinski definition) is 7. The number of fused-ring (bicyclic) bond motifs is 1. The van der Waals surface area contributed by atoms with Crippen molar-refractivity contribution >= 4 is 45.9 Å². The van der Waals surface area contributed by atoms with E-state index in [1.807, 2.05) is 42.5 Å². The van der Waals surface area contributed by atoms with E-state index >= 15 is 0 Å². The molecule has 4 aromatic carbocycles. The second kappa shape index (κ2) is 12.3. The molecule has 208 valence electrons. The number of carbonyl (C=O) groups excluding carboxylic acids is 4. The van der Waals surface area contributed by atoms with Crippen molar-refractivity contribution in [2.75, 3.05) is 30.0 Å². The van der Waals surface area contributed by atoms with E-state index < -0.39 is 30.4 Å². The van der Waals surface area contributed by atoms with Gasteiger partial charge in [-0.15, -0.1) is 0 Å². The minimum absolute atomic E-state index is 0.00989. The molecule has 1 saturated heterocycles. The molecule has 0 bridgehead atoms. The summed E-state index contributed by atoms with van der Waals surface area (Å²) in [7, 11) is 0. The number of rotatable bonds is 9. The number of nitrogens with zero attached hydrogens (tertiary/aromatic N) is 1. The number of amides is 2. The van der Waals surface area contributed by atoms with E-state index in [4.69, 9.17) is 14.2 Å². The molecule has 0 radical (unpaired) electrons. The lowest BCUT2D eigenvalue weighted by molar-refractivity contribution is -0.151. The van der Waals surface area contributed by atoms with Crippen molar-refractivity contribution in [2.45, 2.75) is 13.3 Å². The van der Waals surface area contributed by atoms with Crippen LogP contribution in [0.15, 0.2) is 91.0 Å². The minimum Gasteiger partial charge on any atom is -0.462 e. The number of carbonyl (C=O) groups is 4. The number of ether oxygens (including phenoxy) is 3. The van der Waals surface area contributed by atoms with Gasteiger partial charge in [0.05, 0.1) is 18.1 Å². The van der Waals surface area contributed by atoms with Crippen LogP contribution in [0.25, 0.3) is 10.8 Å². The van der Waals surface area contributed by atoms with Crippen molar-refractivity contribution in [1.29, 1.82) is 0 Å². The van der Waals surface area contributed by atoms with Gasteiger partial charge in [0.1, 0.15) is 11.5 Å². The first-order valence-electron chi connectivity index (χ1n) is 13.2. The molecule has 0 spiro atoms. The Morgan fingerprint density at radius 1 is 0.878 bits per heavy atom. The van der Waals surface area contributed by atoms with Gasteiger partial charge in [-0.1, -0.05) is 36.4 Å². The van der Waals surface area contributed by atoms with Crippen LogP contribution in [0.1, 0.15) is 23.7 Å². The van der Waals surface area contributed by atoms with Crippen LogP contribution in [0.5, 0.6) is 11.5 Å². The van der Waals surface area contributed by atoms with Gasteiger partial charge in [0.25, 0.3) is 5.91 Å². The van der Waals surface area contributed by atoms with Crippen LogP contribution >= 0.6 is 0 Å². The summed E-state index contributed by atoms with van der Waals surface area (Å²) >= 11 is 0. The first-order valence-corrected chi connectivity index (χ1v) is 13.2. The number of benzene rings is 4. The SMILES string of the molecule is CCOC(=O)c1ccc(NC(=O)COC(=O)[C@H]2CC(=O)N(c3ccc(Oc4cccc5ccccc45)cc3)C2)cc1. The van der Waals surface area contributed by atoms with E-state index in [9.17, 15) is 19.2 Å². The highest BCUT2D eigenvalue weighted by Crippen LogP contribution is 2.32. The predicted molar refractivity (Wildman–Crippen MR) is 153 cm³/mol. The van der Waals surface area contributed by atoms with E-state index in [1.54, 1.807) is 43.3 Å². The zero-order valence-corrected chi connectivity index (χ0v) is 22.4. The normalized spacial score (nSPS) is 14.5. The van der Waals surface area contributed by atoms with Gasteiger partial charge < -0.3 is 24.4 Å². The van der Waals surface area contributed by atoms with Gasteiger partial charge >= 0.3 is 11.9 Å². The van der Waals surface area contributed by atoms with Gasteiger partial charge in [-0.2, -0.15) is 0 Å². The van der Waals surface area contributed by atoms with Gasteiger partial charge in [0.15, 0.2) is 6.61 Å². The molecular formula is C32H28N2O7. The van der Waals surface area contributed by atoms with Crippen LogP contribution in [0.4, 0.5) is 11.4 Å². The van der Waals surface area contributed by atoms with Crippen LogP contribution in [0, 0.1) is 5.92 Å². The van der Waals surface area contributed by atoms with E-state index in [1.165, 1.54) is 17.0 Å². The number of esters is 2. The lowest BCUT2D eigenvalue weighted by Crippen LogP contribution is -2.28. The van der Waals surface area contributed by atoms with Crippen molar-refractivity contribution in [1.82, 2.24) is 0 Å². The Morgan fingerprint density at radius 2 is 1.61 bits per heavy atom. The molecule has 0 saturated carbocycles. The third-order valence-corrected chi connectivity index (χ3v) is 6.61. The molecule has 1 aliphatic heterocycles. The quantitative estimate of drug-likeness (QED) is 0.279. The summed E-state index contributed by atoms with van der Waals surface area (Å²) in [5.41, 5.74) is 1.44. The van der Waals surface area contributed by atoms with E-state index in [0.717, 1.165) is 16.5 Å². The minimum atomic E-state index is -0.689. The molecule has 0 aliphatic carbocycles. The molecule has 1 fully saturated rings. The average Bonchev–Trinajstić information content (AvgIpc) is 3.38. The van der Waals surface area contributed by atoms with Gasteiger partial charge in [-0.05, 0) is 66.9 Å². The summed E-state index contributed by atoms with van der Waals surface area (Å²) in [6.45, 7) is 1.64. The molecule has 4 aromatic rings. The third-order valence-electron chi connectivity index (χ3n) is 6.61. The molecule has 1 N–H and O–H groups in total. The molecule has 0 unspecified atom stereocenters. The highest BCUT2D eigenvalue weighted by molar-refractivity contribution is 6.00. The Morgan fingerprint density at radius 3 is 2.37 bits per heavy atom. The van der Waals surface area contributed by atoms with Crippen molar-refractivity contribution < 1.29 is 33.4 Å². The van der Waals surface area contributed by atoms with Crippen molar-refractivity contribution in [3.63, 3.8) is 0 Å². The summed E-state index contributed by atoms with van der Waals surface area (Å²) in [6.07, 6.45) is -0.00989. The lowest BCUT2D eigenvalue weighted by Gasteiger charge is -2.17. The Labute approximate surface area is 236 Å². The first-order chi connectivity index (χ1) is 19.9. The van der Waals surface area contributed by atoms with E-state index in [-0.39, 0.29) is 25.5 Å². The van der Waals surface area contributed by atoms with Crippen molar-refractivity contribution in [3.8, 4) is 11.5 Å².